The molecular formula is C61H42N2. The Bertz CT molecular complexity index is 3320. The van der Waals surface area contributed by atoms with Gasteiger partial charge in [0, 0.05) is 33.5 Å². The summed E-state index contributed by atoms with van der Waals surface area (Å²) in [5, 5.41) is 2.51. The van der Waals surface area contributed by atoms with Crippen LogP contribution < -0.4 is 4.90 Å². The smallest absolute Gasteiger partial charge is 0.0541 e. The van der Waals surface area contributed by atoms with E-state index in [0.717, 1.165) is 34.7 Å². The van der Waals surface area contributed by atoms with Crippen molar-refractivity contribution in [2.24, 2.45) is 0 Å². The van der Waals surface area contributed by atoms with Crippen molar-refractivity contribution < 1.29 is 0 Å². The molecule has 1 aromatic heterocycles. The van der Waals surface area contributed by atoms with E-state index in [9.17, 15) is 0 Å². The molecule has 0 radical (unpaired) electrons. The standard InChI is InChI=1S/C61H42N2/c1-3-15-42(16-4-1)44-29-33-48(34-30-44)62(49-35-31-45(32-36-49)43-17-5-2-6-18-43)51-37-38-55(54-26-14-25-53-52-22-8-7-19-47(52)40-59(53)54)58(41-51)46-20-13-21-50(39-46)63-60-27-11-9-23-56(60)57-24-10-12-28-61(57)63/h1-39,41H,40H2. The molecule has 0 saturated heterocycles. The fraction of sp³-hybridized carbons (Fsp3) is 0.0164. The van der Waals surface area contributed by atoms with Gasteiger partial charge in [-0.1, -0.05) is 182 Å². The first-order valence-electron chi connectivity index (χ1n) is 21.8. The highest BCUT2D eigenvalue weighted by Crippen LogP contribution is 2.47. The lowest BCUT2D eigenvalue weighted by atomic mass is 9.89. The Kier molecular flexibility index (Phi) is 8.93. The van der Waals surface area contributed by atoms with Crippen LogP contribution in [0.1, 0.15) is 11.1 Å². The molecular weight excluding hydrogens is 761 g/mol. The summed E-state index contributed by atoms with van der Waals surface area (Å²) in [4.78, 5) is 2.40. The van der Waals surface area contributed by atoms with Gasteiger partial charge in [0.2, 0.25) is 0 Å². The van der Waals surface area contributed by atoms with Gasteiger partial charge in [-0.15, -0.1) is 0 Å². The van der Waals surface area contributed by atoms with Crippen molar-refractivity contribution in [1.82, 2.24) is 4.57 Å². The van der Waals surface area contributed by atoms with Crippen LogP contribution in [0.2, 0.25) is 0 Å². The average molecular weight is 803 g/mol. The summed E-state index contributed by atoms with van der Waals surface area (Å²) in [6, 6.07) is 88.7. The maximum atomic E-state index is 2.42. The largest absolute Gasteiger partial charge is 0.310 e. The SMILES string of the molecule is c1ccc(-c2ccc(N(c3ccc(-c4ccccc4)cc3)c3ccc(-c4cccc5c4Cc4ccccc4-5)c(-c4cccc(-n5c6ccccc6c6ccccc65)c4)c3)cc2)cc1. The molecule has 0 amide bonds. The molecule has 63 heavy (non-hydrogen) atoms. The predicted molar refractivity (Wildman–Crippen MR) is 265 cm³/mol. The Morgan fingerprint density at radius 3 is 1.41 bits per heavy atom. The molecule has 12 rings (SSSR count). The fourth-order valence-corrected chi connectivity index (χ4v) is 9.88. The van der Waals surface area contributed by atoms with Crippen molar-refractivity contribution in [3.63, 3.8) is 0 Å². The van der Waals surface area contributed by atoms with Gasteiger partial charge in [-0.25, -0.2) is 0 Å². The van der Waals surface area contributed by atoms with Crippen LogP contribution in [-0.4, -0.2) is 4.57 Å². The van der Waals surface area contributed by atoms with Crippen molar-refractivity contribution in [2.45, 2.75) is 6.42 Å². The summed E-state index contributed by atoms with van der Waals surface area (Å²) < 4.78 is 2.42. The second-order valence-corrected chi connectivity index (χ2v) is 16.5. The molecule has 2 nitrogen and oxygen atoms in total. The molecule has 0 saturated carbocycles. The number of anilines is 3. The maximum absolute atomic E-state index is 2.42. The van der Waals surface area contributed by atoms with E-state index < -0.39 is 0 Å². The number of hydrogen-bond donors (Lipinski definition) is 0. The summed E-state index contributed by atoms with van der Waals surface area (Å²) >= 11 is 0. The summed E-state index contributed by atoms with van der Waals surface area (Å²) in [5.74, 6) is 0. The Labute approximate surface area is 368 Å². The number of para-hydroxylation sites is 2. The van der Waals surface area contributed by atoms with Gasteiger partial charge in [0.25, 0.3) is 0 Å². The van der Waals surface area contributed by atoms with Crippen molar-refractivity contribution in [3.05, 3.63) is 254 Å². The molecule has 11 aromatic rings. The monoisotopic (exact) mass is 802 g/mol. The summed E-state index contributed by atoms with van der Waals surface area (Å²) in [6.45, 7) is 0. The maximum Gasteiger partial charge on any atom is 0.0541 e. The van der Waals surface area contributed by atoms with Crippen molar-refractivity contribution in [3.8, 4) is 61.3 Å². The Hall–Kier alpha value is -8.20. The number of rotatable bonds is 8. The van der Waals surface area contributed by atoms with E-state index in [0.29, 0.717) is 0 Å². The minimum absolute atomic E-state index is 0.915. The molecule has 296 valence electrons. The van der Waals surface area contributed by atoms with Gasteiger partial charge in [-0.05, 0) is 134 Å². The van der Waals surface area contributed by atoms with Crippen molar-refractivity contribution in [1.29, 1.82) is 0 Å². The molecule has 0 spiro atoms. The molecule has 1 heterocycles. The van der Waals surface area contributed by atoms with E-state index in [4.69, 9.17) is 0 Å². The van der Waals surface area contributed by atoms with Crippen molar-refractivity contribution >= 4 is 38.9 Å². The Morgan fingerprint density at radius 2 is 0.778 bits per heavy atom. The number of fused-ring (bicyclic) bond motifs is 6. The molecule has 0 bridgehead atoms. The minimum atomic E-state index is 0.915. The first kappa shape index (κ1) is 36.6. The van der Waals surface area contributed by atoms with E-state index in [-0.39, 0.29) is 0 Å². The normalized spacial score (nSPS) is 11.7. The lowest BCUT2D eigenvalue weighted by Crippen LogP contribution is -2.10. The molecule has 0 unspecified atom stereocenters. The van der Waals surface area contributed by atoms with Gasteiger partial charge in [0.15, 0.2) is 0 Å². The minimum Gasteiger partial charge on any atom is -0.310 e. The topological polar surface area (TPSA) is 8.17 Å². The summed E-state index contributed by atoms with van der Waals surface area (Å²) in [6.07, 6.45) is 0.915. The van der Waals surface area contributed by atoms with E-state index in [1.807, 2.05) is 0 Å². The molecule has 1 aliphatic carbocycles. The van der Waals surface area contributed by atoms with Crippen LogP contribution in [0, 0.1) is 0 Å². The molecule has 10 aromatic carbocycles. The van der Waals surface area contributed by atoms with Gasteiger partial charge < -0.3 is 9.47 Å². The van der Waals surface area contributed by atoms with Crippen LogP contribution in [0.5, 0.6) is 0 Å². The van der Waals surface area contributed by atoms with E-state index in [1.165, 1.54) is 83.0 Å². The number of aromatic nitrogens is 1. The zero-order valence-electron chi connectivity index (χ0n) is 34.7. The molecule has 0 aliphatic heterocycles. The van der Waals surface area contributed by atoms with Gasteiger partial charge in [0.1, 0.15) is 0 Å². The molecule has 0 N–H and O–H groups in total. The van der Waals surface area contributed by atoms with Gasteiger partial charge in [-0.3, -0.25) is 0 Å². The Morgan fingerprint density at radius 1 is 0.302 bits per heavy atom. The van der Waals surface area contributed by atoms with Crippen LogP contribution in [0.25, 0.3) is 83.1 Å². The number of nitrogens with zero attached hydrogens (tertiary/aromatic N) is 2. The first-order chi connectivity index (χ1) is 31.2. The van der Waals surface area contributed by atoms with Gasteiger partial charge in [-0.2, -0.15) is 0 Å². The fourth-order valence-electron chi connectivity index (χ4n) is 9.88. The average Bonchev–Trinajstić information content (AvgIpc) is 3.91. The highest BCUT2D eigenvalue weighted by atomic mass is 15.1. The lowest BCUT2D eigenvalue weighted by molar-refractivity contribution is 1.18. The van der Waals surface area contributed by atoms with Gasteiger partial charge in [0.05, 0.1) is 11.0 Å². The lowest BCUT2D eigenvalue weighted by Gasteiger charge is -2.27. The third-order valence-corrected chi connectivity index (χ3v) is 12.9. The van der Waals surface area contributed by atoms with Crippen LogP contribution >= 0.6 is 0 Å². The van der Waals surface area contributed by atoms with Crippen LogP contribution in [0.15, 0.2) is 243 Å². The number of hydrogen-bond acceptors (Lipinski definition) is 1. The molecule has 0 fully saturated rings. The highest BCUT2D eigenvalue weighted by molar-refractivity contribution is 6.09. The van der Waals surface area contributed by atoms with E-state index in [2.05, 4.69) is 252 Å². The summed E-state index contributed by atoms with van der Waals surface area (Å²) in [5.41, 5.74) is 21.9. The highest BCUT2D eigenvalue weighted by Gasteiger charge is 2.24. The number of benzene rings is 10. The first-order valence-corrected chi connectivity index (χ1v) is 21.8. The predicted octanol–water partition coefficient (Wildman–Crippen LogP) is 16.5. The second kappa shape index (κ2) is 15.4. The third-order valence-electron chi connectivity index (χ3n) is 12.9. The third kappa shape index (κ3) is 6.43. The van der Waals surface area contributed by atoms with Crippen LogP contribution in [0.3, 0.4) is 0 Å². The second-order valence-electron chi connectivity index (χ2n) is 16.5. The van der Waals surface area contributed by atoms with E-state index in [1.54, 1.807) is 0 Å². The van der Waals surface area contributed by atoms with Crippen LogP contribution in [0.4, 0.5) is 17.1 Å². The molecule has 0 atom stereocenters. The summed E-state index contributed by atoms with van der Waals surface area (Å²) in [7, 11) is 0. The Balaban J connectivity index is 1.06. The van der Waals surface area contributed by atoms with Crippen LogP contribution in [-0.2, 0) is 6.42 Å². The zero-order chi connectivity index (χ0) is 41.7. The van der Waals surface area contributed by atoms with Crippen molar-refractivity contribution in [2.75, 3.05) is 4.90 Å². The van der Waals surface area contributed by atoms with Gasteiger partial charge >= 0.3 is 0 Å². The molecule has 1 aliphatic rings. The van der Waals surface area contributed by atoms with E-state index >= 15 is 0 Å². The zero-order valence-corrected chi connectivity index (χ0v) is 34.7. The molecule has 2 heteroatoms. The quantitative estimate of drug-likeness (QED) is 0.149.